The van der Waals surface area contributed by atoms with Crippen molar-refractivity contribution in [3.05, 3.63) is 24.0 Å². The van der Waals surface area contributed by atoms with Crippen LogP contribution in [-0.2, 0) is 13.6 Å². The van der Waals surface area contributed by atoms with Gasteiger partial charge in [-0.2, -0.15) is 0 Å². The summed E-state index contributed by atoms with van der Waals surface area (Å²) in [6, 6.07) is 2.24. The molecule has 12 heavy (non-hydrogen) atoms. The zero-order valence-corrected chi connectivity index (χ0v) is 7.62. The molecule has 0 aliphatic carbocycles. The summed E-state index contributed by atoms with van der Waals surface area (Å²) < 4.78 is 2.01. The first-order valence-electron chi connectivity index (χ1n) is 4.17. The van der Waals surface area contributed by atoms with E-state index in [1.165, 1.54) is 5.56 Å². The van der Waals surface area contributed by atoms with Crippen molar-refractivity contribution in [1.29, 1.82) is 0 Å². The molecule has 3 nitrogen and oxygen atoms in total. The monoisotopic (exact) mass is 168 g/mol. The SMILES string of the molecule is C[C@H](CO)NCc1ccn(C)c1. The number of aliphatic hydroxyl groups is 1. The lowest BCUT2D eigenvalue weighted by atomic mass is 10.3. The Kier molecular flexibility index (Phi) is 3.31. The summed E-state index contributed by atoms with van der Waals surface area (Å²) in [6.07, 6.45) is 4.08. The molecule has 1 heterocycles. The maximum atomic E-state index is 8.75. The highest BCUT2D eigenvalue weighted by Gasteiger charge is 1.98. The van der Waals surface area contributed by atoms with E-state index in [4.69, 9.17) is 5.11 Å². The van der Waals surface area contributed by atoms with Gasteiger partial charge in [-0.3, -0.25) is 0 Å². The third kappa shape index (κ3) is 2.68. The van der Waals surface area contributed by atoms with Gasteiger partial charge in [-0.05, 0) is 18.6 Å². The summed E-state index contributed by atoms with van der Waals surface area (Å²) in [5, 5.41) is 11.9. The van der Waals surface area contributed by atoms with Gasteiger partial charge in [0, 0.05) is 32.0 Å². The number of hydrogen-bond acceptors (Lipinski definition) is 2. The van der Waals surface area contributed by atoms with Crippen molar-refractivity contribution in [2.75, 3.05) is 6.61 Å². The average molecular weight is 168 g/mol. The number of aromatic nitrogens is 1. The standard InChI is InChI=1S/C9H16N2O/c1-8(7-12)10-5-9-3-4-11(2)6-9/h3-4,6,8,10,12H,5,7H2,1-2H3/t8-/m1/s1. The molecular formula is C9H16N2O. The lowest BCUT2D eigenvalue weighted by Gasteiger charge is -2.08. The second kappa shape index (κ2) is 4.28. The molecule has 1 aromatic heterocycles. The number of nitrogens with zero attached hydrogens (tertiary/aromatic N) is 1. The van der Waals surface area contributed by atoms with Crippen LogP contribution in [0.3, 0.4) is 0 Å². The Morgan fingerprint density at radius 3 is 2.92 bits per heavy atom. The molecule has 1 aromatic rings. The topological polar surface area (TPSA) is 37.2 Å². The number of aryl methyl sites for hydroxylation is 1. The normalized spacial score (nSPS) is 13.2. The minimum absolute atomic E-state index is 0.171. The maximum absolute atomic E-state index is 8.75. The lowest BCUT2D eigenvalue weighted by molar-refractivity contribution is 0.251. The molecule has 0 aliphatic heterocycles. The molecule has 0 unspecified atom stereocenters. The number of hydrogen-bond donors (Lipinski definition) is 2. The van der Waals surface area contributed by atoms with Gasteiger partial charge >= 0.3 is 0 Å². The Morgan fingerprint density at radius 2 is 2.42 bits per heavy atom. The summed E-state index contributed by atoms with van der Waals surface area (Å²) in [4.78, 5) is 0. The van der Waals surface area contributed by atoms with Crippen LogP contribution in [0.15, 0.2) is 18.5 Å². The van der Waals surface area contributed by atoms with Crippen molar-refractivity contribution in [2.24, 2.45) is 7.05 Å². The van der Waals surface area contributed by atoms with E-state index in [1.807, 2.05) is 24.7 Å². The first kappa shape index (κ1) is 9.29. The van der Waals surface area contributed by atoms with Gasteiger partial charge in [0.25, 0.3) is 0 Å². The Labute approximate surface area is 73.0 Å². The third-order valence-corrected chi connectivity index (χ3v) is 1.82. The van der Waals surface area contributed by atoms with Crippen LogP contribution in [-0.4, -0.2) is 22.3 Å². The fourth-order valence-corrected chi connectivity index (χ4v) is 1.02. The van der Waals surface area contributed by atoms with Crippen LogP contribution >= 0.6 is 0 Å². The van der Waals surface area contributed by atoms with E-state index in [-0.39, 0.29) is 12.6 Å². The van der Waals surface area contributed by atoms with E-state index in [2.05, 4.69) is 17.6 Å². The van der Waals surface area contributed by atoms with Crippen molar-refractivity contribution in [3.8, 4) is 0 Å². The molecule has 0 radical (unpaired) electrons. The predicted molar refractivity (Wildman–Crippen MR) is 48.8 cm³/mol. The van der Waals surface area contributed by atoms with Gasteiger partial charge in [0.2, 0.25) is 0 Å². The number of nitrogens with one attached hydrogen (secondary N) is 1. The summed E-state index contributed by atoms with van der Waals surface area (Å²) in [5.74, 6) is 0. The molecular weight excluding hydrogens is 152 g/mol. The molecule has 0 aliphatic rings. The van der Waals surface area contributed by atoms with Gasteiger partial charge in [0.15, 0.2) is 0 Å². The van der Waals surface area contributed by atoms with Crippen molar-refractivity contribution < 1.29 is 5.11 Å². The second-order valence-electron chi connectivity index (χ2n) is 3.15. The largest absolute Gasteiger partial charge is 0.395 e. The van der Waals surface area contributed by atoms with Crippen LogP contribution in [0.5, 0.6) is 0 Å². The van der Waals surface area contributed by atoms with E-state index in [9.17, 15) is 0 Å². The maximum Gasteiger partial charge on any atom is 0.0582 e. The second-order valence-corrected chi connectivity index (χ2v) is 3.15. The van der Waals surface area contributed by atoms with Crippen LogP contribution < -0.4 is 5.32 Å². The summed E-state index contributed by atoms with van der Waals surface area (Å²) in [6.45, 7) is 2.97. The molecule has 0 saturated heterocycles. The summed E-state index contributed by atoms with van der Waals surface area (Å²) >= 11 is 0. The van der Waals surface area contributed by atoms with E-state index >= 15 is 0 Å². The molecule has 1 rings (SSSR count). The predicted octanol–water partition coefficient (Wildman–Crippen LogP) is 0.495. The molecule has 0 saturated carbocycles. The zero-order chi connectivity index (χ0) is 8.97. The van der Waals surface area contributed by atoms with Gasteiger partial charge in [0.1, 0.15) is 0 Å². The molecule has 3 heteroatoms. The Bertz CT molecular complexity index is 232. The van der Waals surface area contributed by atoms with Crippen molar-refractivity contribution in [3.63, 3.8) is 0 Å². The van der Waals surface area contributed by atoms with E-state index in [0.717, 1.165) is 6.54 Å². The van der Waals surface area contributed by atoms with Crippen molar-refractivity contribution >= 4 is 0 Å². The smallest absolute Gasteiger partial charge is 0.0582 e. The van der Waals surface area contributed by atoms with Crippen LogP contribution in [0.2, 0.25) is 0 Å². The first-order chi connectivity index (χ1) is 5.72. The van der Waals surface area contributed by atoms with Crippen molar-refractivity contribution in [1.82, 2.24) is 9.88 Å². The van der Waals surface area contributed by atoms with Gasteiger partial charge in [-0.15, -0.1) is 0 Å². The first-order valence-corrected chi connectivity index (χ1v) is 4.17. The Hall–Kier alpha value is -0.800. The molecule has 68 valence electrons. The van der Waals surface area contributed by atoms with Crippen LogP contribution in [0, 0.1) is 0 Å². The Balaban J connectivity index is 2.33. The fourth-order valence-electron chi connectivity index (χ4n) is 1.02. The van der Waals surface area contributed by atoms with Crippen LogP contribution in [0.4, 0.5) is 0 Å². The molecule has 0 spiro atoms. The van der Waals surface area contributed by atoms with E-state index in [1.54, 1.807) is 0 Å². The minimum atomic E-state index is 0.171. The minimum Gasteiger partial charge on any atom is -0.395 e. The highest BCUT2D eigenvalue weighted by Crippen LogP contribution is 1.98. The van der Waals surface area contributed by atoms with Crippen LogP contribution in [0.25, 0.3) is 0 Å². The van der Waals surface area contributed by atoms with Gasteiger partial charge < -0.3 is 15.0 Å². The highest BCUT2D eigenvalue weighted by atomic mass is 16.3. The molecule has 2 N–H and O–H groups in total. The van der Waals surface area contributed by atoms with Crippen molar-refractivity contribution in [2.45, 2.75) is 19.5 Å². The van der Waals surface area contributed by atoms with E-state index in [0.29, 0.717) is 0 Å². The average Bonchev–Trinajstić information content (AvgIpc) is 2.47. The molecule has 0 bridgehead atoms. The Morgan fingerprint density at radius 1 is 1.67 bits per heavy atom. The number of aliphatic hydroxyl groups excluding tert-OH is 1. The third-order valence-electron chi connectivity index (χ3n) is 1.82. The molecule has 0 aromatic carbocycles. The quantitative estimate of drug-likeness (QED) is 0.686. The highest BCUT2D eigenvalue weighted by molar-refractivity contribution is 5.09. The van der Waals surface area contributed by atoms with E-state index < -0.39 is 0 Å². The fraction of sp³-hybridized carbons (Fsp3) is 0.556. The van der Waals surface area contributed by atoms with Crippen LogP contribution in [0.1, 0.15) is 12.5 Å². The molecule has 1 atom stereocenters. The molecule has 0 amide bonds. The lowest BCUT2D eigenvalue weighted by Crippen LogP contribution is -2.28. The summed E-state index contributed by atoms with van der Waals surface area (Å²) in [7, 11) is 2.00. The zero-order valence-electron chi connectivity index (χ0n) is 7.62. The summed E-state index contributed by atoms with van der Waals surface area (Å²) in [5.41, 5.74) is 1.25. The molecule has 0 fully saturated rings. The van der Waals surface area contributed by atoms with Gasteiger partial charge in [-0.25, -0.2) is 0 Å². The van der Waals surface area contributed by atoms with Gasteiger partial charge in [0.05, 0.1) is 6.61 Å². The number of rotatable bonds is 4. The van der Waals surface area contributed by atoms with Gasteiger partial charge in [-0.1, -0.05) is 0 Å².